The molecule has 19 N–H and O–H groups in total. The number of carbonyl (C=O) groups excluding carboxylic acids is 12. The zero-order valence-electron chi connectivity index (χ0n) is 33.2. The van der Waals surface area contributed by atoms with Crippen LogP contribution in [0.2, 0.25) is 0 Å². The Balaban J connectivity index is 2.96. The highest BCUT2D eigenvalue weighted by molar-refractivity contribution is 5.97. The van der Waals surface area contributed by atoms with Crippen LogP contribution in [0.15, 0.2) is 0 Å². The number of nitrogens with one attached hydrogen (secondary N) is 6. The molecule has 61 heavy (non-hydrogen) atoms. The van der Waals surface area contributed by atoms with E-state index in [9.17, 15) is 67.4 Å². The molecule has 0 spiro atoms. The Morgan fingerprint density at radius 3 is 1.41 bits per heavy atom. The second kappa shape index (κ2) is 26.2. The quantitative estimate of drug-likeness (QED) is 0.0332. The number of nitrogens with two attached hydrogens (primary N) is 6. The third-order valence-corrected chi connectivity index (χ3v) is 8.97. The molecule has 1 fully saturated rings. The van der Waals surface area contributed by atoms with Crippen molar-refractivity contribution >= 4 is 76.9 Å². The molecule has 0 saturated carbocycles. The summed E-state index contributed by atoms with van der Waals surface area (Å²) in [6.45, 7) is -1.53. The molecule has 340 valence electrons. The van der Waals surface area contributed by atoms with Gasteiger partial charge in [-0.2, -0.15) is 0 Å². The average molecular weight is 870 g/mol. The van der Waals surface area contributed by atoms with Crippen LogP contribution >= 0.6 is 0 Å². The Morgan fingerprint density at radius 1 is 0.525 bits per heavy atom. The van der Waals surface area contributed by atoms with Crippen LogP contribution < -0.4 is 66.3 Å². The van der Waals surface area contributed by atoms with Gasteiger partial charge in [0.05, 0.1) is 19.1 Å². The minimum Gasteiger partial charge on any atom is -0.480 e. The number of hydrogen-bond acceptors (Lipinski definition) is 14. The Kier molecular flexibility index (Phi) is 22.4. The molecule has 27 nitrogen and oxygen atoms in total. The fourth-order valence-corrected chi connectivity index (χ4v) is 5.75. The zero-order valence-corrected chi connectivity index (χ0v) is 33.2. The minimum atomic E-state index is -1.59. The van der Waals surface area contributed by atoms with Gasteiger partial charge >= 0.3 is 5.97 Å². The van der Waals surface area contributed by atoms with Gasteiger partial charge < -0.3 is 76.3 Å². The fraction of sp³-hybridized carbons (Fsp3) is 0.618. The topological polar surface area (TPSA) is 474 Å². The first-order valence-electron chi connectivity index (χ1n) is 19.0. The average Bonchev–Trinajstić information content (AvgIpc) is 3.67. The molecule has 1 heterocycles. The van der Waals surface area contributed by atoms with E-state index in [2.05, 4.69) is 31.9 Å². The van der Waals surface area contributed by atoms with Crippen LogP contribution in [0, 0.1) is 0 Å². The van der Waals surface area contributed by atoms with Crippen LogP contribution in [0.5, 0.6) is 0 Å². The Bertz CT molecular complexity index is 1690. The third-order valence-electron chi connectivity index (χ3n) is 8.97. The maximum Gasteiger partial charge on any atom is 0.326 e. The standard InChI is InChI=1S/C34H55N13O14/c35-16(3-8-22(36)48)29(55)45-19(6-11-25(39)51)33(59)47-13-1-2-21(47)32(58)42-15-28(54)43-17(4-9-23(37)49)30(56)41-14-27(53)44-18(5-10-24(38)50)31(57)46-20(34(60)61)7-12-26(40)52/h16-21H,1-15,35H2,(H2,36,48)(H2,37,49)(H2,38,50)(H2,39,51)(H2,40,52)(H,41,56)(H,42,58)(H,43,54)(H,44,53)(H,45,55)(H,46,57)(H,60,61)/t16-,17-,18-,19-,20-,21-/m0/s1. The van der Waals surface area contributed by atoms with Crippen LogP contribution in [-0.2, 0) is 62.3 Å². The molecule has 6 atom stereocenters. The van der Waals surface area contributed by atoms with Gasteiger partial charge in [0, 0.05) is 38.6 Å². The summed E-state index contributed by atoms with van der Waals surface area (Å²) >= 11 is 0. The third kappa shape index (κ3) is 20.6. The smallest absolute Gasteiger partial charge is 0.326 e. The summed E-state index contributed by atoms with van der Waals surface area (Å²) in [5, 5.41) is 23.0. The maximum absolute atomic E-state index is 13.6. The van der Waals surface area contributed by atoms with Crippen LogP contribution in [0.25, 0.3) is 0 Å². The number of carboxylic acids is 1. The Hall–Kier alpha value is -6.93. The lowest BCUT2D eigenvalue weighted by Crippen LogP contribution is -2.56. The SMILES string of the molecule is NC(=O)CC[C@H](NC(=O)[C@H](CCC(N)=O)NC(=O)CNC(=O)[C@H](CCC(N)=O)NC(=O)CNC(=O)[C@@H]1CCCN1C(=O)[C@H](CCC(N)=O)NC(=O)[C@@H](N)CCC(N)=O)C(=O)O. The van der Waals surface area contributed by atoms with Crippen molar-refractivity contribution in [1.29, 1.82) is 0 Å². The summed E-state index contributed by atoms with van der Waals surface area (Å²) in [5.41, 5.74) is 31.5. The summed E-state index contributed by atoms with van der Waals surface area (Å²) in [6.07, 6.45) is -2.83. The lowest BCUT2D eigenvalue weighted by molar-refractivity contribution is -0.142. The van der Waals surface area contributed by atoms with Crippen molar-refractivity contribution in [1.82, 2.24) is 36.8 Å². The van der Waals surface area contributed by atoms with Crippen molar-refractivity contribution in [3.63, 3.8) is 0 Å². The molecule has 0 aromatic heterocycles. The molecular formula is C34H55N13O14. The molecule has 1 saturated heterocycles. The van der Waals surface area contributed by atoms with E-state index in [0.29, 0.717) is 6.42 Å². The van der Waals surface area contributed by atoms with Gasteiger partial charge in [-0.1, -0.05) is 0 Å². The van der Waals surface area contributed by atoms with Crippen LogP contribution in [0.3, 0.4) is 0 Å². The molecule has 0 bridgehead atoms. The van der Waals surface area contributed by atoms with Crippen molar-refractivity contribution in [3.8, 4) is 0 Å². The molecule has 12 amide bonds. The Morgan fingerprint density at radius 2 is 0.934 bits per heavy atom. The summed E-state index contributed by atoms with van der Waals surface area (Å²) < 4.78 is 0. The number of carboxylic acid groups (broad SMARTS) is 1. The molecule has 27 heteroatoms. The number of rotatable bonds is 29. The van der Waals surface area contributed by atoms with Gasteiger partial charge in [-0.15, -0.1) is 0 Å². The van der Waals surface area contributed by atoms with Crippen LogP contribution in [0.1, 0.15) is 77.0 Å². The van der Waals surface area contributed by atoms with Gasteiger partial charge in [0.1, 0.15) is 30.2 Å². The number of hydrogen-bond donors (Lipinski definition) is 13. The lowest BCUT2D eigenvalue weighted by Gasteiger charge is -2.29. The predicted octanol–water partition coefficient (Wildman–Crippen LogP) is -8.11. The highest BCUT2D eigenvalue weighted by Crippen LogP contribution is 2.20. The molecule has 1 rings (SSSR count). The highest BCUT2D eigenvalue weighted by Gasteiger charge is 2.38. The van der Waals surface area contributed by atoms with Crippen LogP contribution in [0.4, 0.5) is 0 Å². The second-order valence-corrected chi connectivity index (χ2v) is 14.0. The number of nitrogens with zero attached hydrogens (tertiary/aromatic N) is 1. The molecular weight excluding hydrogens is 814 g/mol. The molecule has 1 aliphatic heterocycles. The minimum absolute atomic E-state index is 0.0547. The van der Waals surface area contributed by atoms with E-state index in [1.54, 1.807) is 0 Å². The Labute approximate surface area is 348 Å². The first kappa shape index (κ1) is 52.1. The normalized spacial score (nSPS) is 15.6. The molecule has 0 unspecified atom stereocenters. The molecule has 1 aliphatic rings. The van der Waals surface area contributed by atoms with Crippen molar-refractivity contribution in [2.75, 3.05) is 19.6 Å². The second-order valence-electron chi connectivity index (χ2n) is 14.0. The summed E-state index contributed by atoms with van der Waals surface area (Å²) in [5.74, 6) is -12.0. The largest absolute Gasteiger partial charge is 0.480 e. The van der Waals surface area contributed by atoms with E-state index in [0.717, 1.165) is 4.90 Å². The predicted molar refractivity (Wildman–Crippen MR) is 206 cm³/mol. The van der Waals surface area contributed by atoms with Gasteiger partial charge in [0.25, 0.3) is 0 Å². The summed E-state index contributed by atoms with van der Waals surface area (Å²) in [6, 6.07) is -8.34. The number of amides is 12. The van der Waals surface area contributed by atoms with Crippen molar-refractivity contribution in [2.24, 2.45) is 34.4 Å². The van der Waals surface area contributed by atoms with Crippen LogP contribution in [-0.4, -0.2) is 143 Å². The van der Waals surface area contributed by atoms with E-state index in [-0.39, 0.29) is 57.9 Å². The van der Waals surface area contributed by atoms with E-state index in [4.69, 9.17) is 34.4 Å². The molecule has 0 aromatic carbocycles. The van der Waals surface area contributed by atoms with E-state index >= 15 is 0 Å². The monoisotopic (exact) mass is 869 g/mol. The number of carbonyl (C=O) groups is 13. The first-order chi connectivity index (χ1) is 28.5. The van der Waals surface area contributed by atoms with Crippen molar-refractivity contribution in [2.45, 2.75) is 113 Å². The van der Waals surface area contributed by atoms with Gasteiger partial charge in [-0.3, -0.25) is 57.5 Å². The fourth-order valence-electron chi connectivity index (χ4n) is 5.75. The zero-order chi connectivity index (χ0) is 46.4. The van der Waals surface area contributed by atoms with E-state index in [1.807, 2.05) is 0 Å². The summed E-state index contributed by atoms with van der Waals surface area (Å²) in [4.78, 5) is 160. The van der Waals surface area contributed by atoms with Gasteiger partial charge in [-0.05, 0) is 44.9 Å². The summed E-state index contributed by atoms with van der Waals surface area (Å²) in [7, 11) is 0. The maximum atomic E-state index is 13.6. The van der Waals surface area contributed by atoms with Gasteiger partial charge in [0.15, 0.2) is 0 Å². The first-order valence-corrected chi connectivity index (χ1v) is 19.0. The molecule has 0 aliphatic carbocycles. The number of primary amides is 5. The van der Waals surface area contributed by atoms with Crippen molar-refractivity contribution < 1.29 is 67.4 Å². The van der Waals surface area contributed by atoms with Gasteiger partial charge in [0.2, 0.25) is 70.9 Å². The van der Waals surface area contributed by atoms with Crippen molar-refractivity contribution in [3.05, 3.63) is 0 Å². The molecule has 0 radical (unpaired) electrons. The molecule has 0 aromatic rings. The number of aliphatic carboxylic acids is 1. The van der Waals surface area contributed by atoms with E-state index in [1.165, 1.54) is 0 Å². The number of likely N-dealkylation sites (tertiary alicyclic amines) is 1. The van der Waals surface area contributed by atoms with Gasteiger partial charge in [-0.25, -0.2) is 4.79 Å². The van der Waals surface area contributed by atoms with E-state index < -0.39 is 145 Å². The highest BCUT2D eigenvalue weighted by atomic mass is 16.4. The lowest BCUT2D eigenvalue weighted by atomic mass is 10.1.